The summed E-state index contributed by atoms with van der Waals surface area (Å²) in [5.74, 6) is 0.259. The van der Waals surface area contributed by atoms with Crippen molar-refractivity contribution in [3.05, 3.63) is 83.5 Å². The predicted octanol–water partition coefficient (Wildman–Crippen LogP) is 3.40. The maximum Gasteiger partial charge on any atom is 0.339 e. The van der Waals surface area contributed by atoms with Gasteiger partial charge in [0.25, 0.3) is 0 Å². The van der Waals surface area contributed by atoms with Gasteiger partial charge in [-0.05, 0) is 42.0 Å². The van der Waals surface area contributed by atoms with E-state index < -0.39 is 5.97 Å². The number of carbonyl (C=O) groups excluding carboxylic acids is 2. The molecule has 1 heterocycles. The second-order valence-electron chi connectivity index (χ2n) is 6.04. The summed E-state index contributed by atoms with van der Waals surface area (Å²) in [6, 6.07) is 13.9. The molecular formula is C22H20O7. The summed E-state index contributed by atoms with van der Waals surface area (Å²) < 4.78 is 25.1. The number of hydrogen-bond acceptors (Lipinski definition) is 7. The van der Waals surface area contributed by atoms with Crippen molar-refractivity contribution in [2.24, 2.45) is 0 Å². The van der Waals surface area contributed by atoms with Gasteiger partial charge in [0.15, 0.2) is 12.0 Å². The SMILES string of the molecule is COc1ccc(CC(=CC(=O)OC2=COCO2)C(=O)c2ccc(OC)cc2)cc1. The van der Waals surface area contributed by atoms with Crippen LogP contribution in [0, 0.1) is 0 Å². The summed E-state index contributed by atoms with van der Waals surface area (Å²) in [7, 11) is 3.12. The molecule has 0 aromatic heterocycles. The Labute approximate surface area is 168 Å². The summed E-state index contributed by atoms with van der Waals surface area (Å²) in [5, 5.41) is 0. The van der Waals surface area contributed by atoms with E-state index >= 15 is 0 Å². The van der Waals surface area contributed by atoms with Gasteiger partial charge in [-0.1, -0.05) is 12.1 Å². The van der Waals surface area contributed by atoms with Crippen LogP contribution in [0.5, 0.6) is 11.5 Å². The maximum absolute atomic E-state index is 13.0. The van der Waals surface area contributed by atoms with Gasteiger partial charge in [-0.3, -0.25) is 4.79 Å². The summed E-state index contributed by atoms with van der Waals surface area (Å²) in [4.78, 5) is 25.3. The molecule has 0 fully saturated rings. The molecule has 2 aromatic carbocycles. The summed E-state index contributed by atoms with van der Waals surface area (Å²) >= 11 is 0. The lowest BCUT2D eigenvalue weighted by atomic mass is 9.96. The number of Topliss-reactive ketones (excluding diaryl/α,β-unsaturated/α-hetero) is 1. The Hall–Kier alpha value is -3.74. The highest BCUT2D eigenvalue weighted by atomic mass is 16.8. The molecule has 29 heavy (non-hydrogen) atoms. The normalized spacial score (nSPS) is 13.0. The van der Waals surface area contributed by atoms with E-state index in [9.17, 15) is 9.59 Å². The molecule has 0 bridgehead atoms. The molecule has 0 spiro atoms. The van der Waals surface area contributed by atoms with Crippen molar-refractivity contribution in [3.8, 4) is 11.5 Å². The molecule has 0 saturated carbocycles. The third-order valence-electron chi connectivity index (χ3n) is 4.14. The average Bonchev–Trinajstić information content (AvgIpc) is 3.26. The van der Waals surface area contributed by atoms with Gasteiger partial charge in [-0.2, -0.15) is 0 Å². The highest BCUT2D eigenvalue weighted by Crippen LogP contribution is 2.20. The van der Waals surface area contributed by atoms with E-state index in [-0.39, 0.29) is 30.5 Å². The van der Waals surface area contributed by atoms with Crippen molar-refractivity contribution >= 4 is 11.8 Å². The molecule has 1 aliphatic rings. The van der Waals surface area contributed by atoms with Crippen LogP contribution < -0.4 is 9.47 Å². The predicted molar refractivity (Wildman–Crippen MR) is 103 cm³/mol. The summed E-state index contributed by atoms with van der Waals surface area (Å²) in [6.45, 7) is -0.0180. The molecule has 3 rings (SSSR count). The summed E-state index contributed by atoms with van der Waals surface area (Å²) in [5.41, 5.74) is 1.54. The number of carbonyl (C=O) groups is 2. The lowest BCUT2D eigenvalue weighted by Gasteiger charge is -2.09. The van der Waals surface area contributed by atoms with Crippen LogP contribution in [0.3, 0.4) is 0 Å². The molecule has 2 aromatic rings. The fraction of sp³-hybridized carbons (Fsp3) is 0.182. The molecule has 0 amide bonds. The Morgan fingerprint density at radius 1 is 0.966 bits per heavy atom. The van der Waals surface area contributed by atoms with E-state index in [1.807, 2.05) is 12.1 Å². The molecule has 0 N–H and O–H groups in total. The molecular weight excluding hydrogens is 376 g/mol. The Morgan fingerprint density at radius 2 is 1.59 bits per heavy atom. The van der Waals surface area contributed by atoms with Crippen LogP contribution in [0.2, 0.25) is 0 Å². The molecule has 7 heteroatoms. The Bertz CT molecular complexity index is 925. The average molecular weight is 396 g/mol. The number of ether oxygens (including phenoxy) is 5. The molecule has 7 nitrogen and oxygen atoms in total. The van der Waals surface area contributed by atoms with Crippen LogP contribution in [0.15, 0.2) is 72.4 Å². The van der Waals surface area contributed by atoms with Crippen LogP contribution in [0.1, 0.15) is 15.9 Å². The highest BCUT2D eigenvalue weighted by Gasteiger charge is 2.18. The van der Waals surface area contributed by atoms with Gasteiger partial charge in [0.1, 0.15) is 11.5 Å². The first-order chi connectivity index (χ1) is 14.1. The molecule has 1 aliphatic heterocycles. The Balaban J connectivity index is 1.84. The molecule has 0 aliphatic carbocycles. The summed E-state index contributed by atoms with van der Waals surface area (Å²) in [6.07, 6.45) is 2.60. The second-order valence-corrected chi connectivity index (χ2v) is 6.04. The van der Waals surface area contributed by atoms with Gasteiger partial charge in [0.05, 0.1) is 14.2 Å². The van der Waals surface area contributed by atoms with Crippen molar-refractivity contribution in [1.29, 1.82) is 0 Å². The van der Waals surface area contributed by atoms with E-state index in [1.165, 1.54) is 12.3 Å². The van der Waals surface area contributed by atoms with E-state index in [0.29, 0.717) is 17.1 Å². The highest BCUT2D eigenvalue weighted by molar-refractivity contribution is 6.11. The Morgan fingerprint density at radius 3 is 2.14 bits per heavy atom. The fourth-order valence-electron chi connectivity index (χ4n) is 2.64. The van der Waals surface area contributed by atoms with Crippen molar-refractivity contribution in [2.75, 3.05) is 21.0 Å². The molecule has 0 atom stereocenters. The molecule has 0 radical (unpaired) electrons. The van der Waals surface area contributed by atoms with Gasteiger partial charge >= 0.3 is 11.9 Å². The van der Waals surface area contributed by atoms with Gasteiger partial charge in [-0.15, -0.1) is 0 Å². The molecule has 0 saturated heterocycles. The quantitative estimate of drug-likeness (QED) is 0.384. The first-order valence-electron chi connectivity index (χ1n) is 8.77. The number of benzene rings is 2. The van der Waals surface area contributed by atoms with Crippen LogP contribution >= 0.6 is 0 Å². The Kier molecular flexibility index (Phi) is 6.52. The van der Waals surface area contributed by atoms with Crippen LogP contribution in [0.25, 0.3) is 0 Å². The van der Waals surface area contributed by atoms with E-state index in [4.69, 9.17) is 23.7 Å². The lowest BCUT2D eigenvalue weighted by Crippen LogP contribution is -2.11. The van der Waals surface area contributed by atoms with Crippen molar-refractivity contribution in [1.82, 2.24) is 0 Å². The smallest absolute Gasteiger partial charge is 0.339 e. The monoisotopic (exact) mass is 396 g/mol. The largest absolute Gasteiger partial charge is 0.497 e. The third-order valence-corrected chi connectivity index (χ3v) is 4.14. The van der Waals surface area contributed by atoms with Crippen LogP contribution in [-0.4, -0.2) is 32.8 Å². The second kappa shape index (κ2) is 9.45. The van der Waals surface area contributed by atoms with E-state index in [0.717, 1.165) is 5.56 Å². The minimum absolute atomic E-state index is 0.0180. The van der Waals surface area contributed by atoms with Gasteiger partial charge in [0.2, 0.25) is 6.79 Å². The van der Waals surface area contributed by atoms with Crippen molar-refractivity contribution < 1.29 is 33.3 Å². The zero-order valence-electron chi connectivity index (χ0n) is 16.0. The number of methoxy groups -OCH3 is 2. The first kappa shape index (κ1) is 20.0. The maximum atomic E-state index is 13.0. The number of ketones is 1. The molecule has 0 unspecified atom stereocenters. The lowest BCUT2D eigenvalue weighted by molar-refractivity contribution is -0.139. The van der Waals surface area contributed by atoms with E-state index in [2.05, 4.69) is 0 Å². The number of hydrogen-bond donors (Lipinski definition) is 0. The van der Waals surface area contributed by atoms with Crippen LogP contribution in [-0.2, 0) is 25.4 Å². The number of allylic oxidation sites excluding steroid dienone is 1. The minimum Gasteiger partial charge on any atom is -0.497 e. The van der Waals surface area contributed by atoms with Gasteiger partial charge < -0.3 is 23.7 Å². The topological polar surface area (TPSA) is 80.3 Å². The third kappa shape index (κ3) is 5.38. The molecule has 150 valence electrons. The fourth-order valence-corrected chi connectivity index (χ4v) is 2.64. The van der Waals surface area contributed by atoms with Crippen molar-refractivity contribution in [3.63, 3.8) is 0 Å². The first-order valence-corrected chi connectivity index (χ1v) is 8.77. The number of rotatable bonds is 8. The minimum atomic E-state index is -0.730. The van der Waals surface area contributed by atoms with E-state index in [1.54, 1.807) is 50.6 Å². The van der Waals surface area contributed by atoms with Crippen LogP contribution in [0.4, 0.5) is 0 Å². The number of esters is 1. The standard InChI is InChI=1S/C22H20O7/c1-25-18-7-3-15(4-8-18)11-17(12-20(23)29-21-13-27-14-28-21)22(24)16-5-9-19(26-2)10-6-16/h3-10,12-13H,11,14H2,1-2H3. The van der Waals surface area contributed by atoms with Gasteiger partial charge in [-0.25, -0.2) is 4.79 Å². The van der Waals surface area contributed by atoms with Crippen molar-refractivity contribution in [2.45, 2.75) is 6.42 Å². The zero-order valence-corrected chi connectivity index (χ0v) is 16.0. The van der Waals surface area contributed by atoms with Gasteiger partial charge in [0, 0.05) is 23.6 Å². The zero-order chi connectivity index (χ0) is 20.6.